The van der Waals surface area contributed by atoms with Gasteiger partial charge in [0.05, 0.1) is 17.7 Å². The van der Waals surface area contributed by atoms with Crippen LogP contribution in [0.4, 0.5) is 10.1 Å². The Labute approximate surface area is 116 Å². The Balaban J connectivity index is 2.37. The molecule has 0 aliphatic carbocycles. The summed E-state index contributed by atoms with van der Waals surface area (Å²) in [5.41, 5.74) is 8.30. The smallest absolute Gasteiger partial charge is 0.143 e. The highest BCUT2D eigenvalue weighted by Gasteiger charge is 2.11. The molecule has 0 radical (unpaired) electrons. The van der Waals surface area contributed by atoms with Crippen molar-refractivity contribution in [3.05, 3.63) is 47.3 Å². The molecule has 0 saturated heterocycles. The van der Waals surface area contributed by atoms with E-state index in [0.29, 0.717) is 16.3 Å². The zero-order chi connectivity index (χ0) is 14.0. The molecule has 0 aliphatic rings. The van der Waals surface area contributed by atoms with Crippen LogP contribution in [-0.4, -0.2) is 7.11 Å². The normalized spacial score (nSPS) is 10.5. The van der Waals surface area contributed by atoms with Gasteiger partial charge >= 0.3 is 0 Å². The molecule has 0 atom stereocenters. The zero-order valence-electron chi connectivity index (χ0n) is 11.2. The molecule has 0 saturated carbocycles. The van der Waals surface area contributed by atoms with Gasteiger partial charge in [-0.3, -0.25) is 0 Å². The molecule has 0 spiro atoms. The van der Waals surface area contributed by atoms with E-state index >= 15 is 0 Å². The minimum Gasteiger partial charge on any atom is -0.495 e. The molecule has 100 valence electrons. The van der Waals surface area contributed by atoms with E-state index < -0.39 is 0 Å². The highest BCUT2D eigenvalue weighted by molar-refractivity contribution is 7.99. The van der Waals surface area contributed by atoms with Crippen molar-refractivity contribution in [1.82, 2.24) is 0 Å². The van der Waals surface area contributed by atoms with Crippen LogP contribution in [0.1, 0.15) is 11.1 Å². The van der Waals surface area contributed by atoms with Gasteiger partial charge in [-0.05, 0) is 31.5 Å². The maximum Gasteiger partial charge on any atom is 0.143 e. The third kappa shape index (κ3) is 3.01. The minimum absolute atomic E-state index is 0.310. The average molecular weight is 277 g/mol. The summed E-state index contributed by atoms with van der Waals surface area (Å²) in [6.07, 6.45) is 0. The molecule has 0 heterocycles. The molecule has 0 fully saturated rings. The average Bonchev–Trinajstić information content (AvgIpc) is 2.35. The van der Waals surface area contributed by atoms with Crippen LogP contribution in [0, 0.1) is 19.7 Å². The van der Waals surface area contributed by atoms with Gasteiger partial charge in [0.2, 0.25) is 0 Å². The van der Waals surface area contributed by atoms with Crippen molar-refractivity contribution in [2.45, 2.75) is 23.6 Å². The van der Waals surface area contributed by atoms with Crippen LogP contribution in [-0.2, 0) is 0 Å². The SMILES string of the molecule is COc1cc(Sc2ccc(C)cc2C)c(F)cc1N. The number of hydrogen-bond donors (Lipinski definition) is 1. The highest BCUT2D eigenvalue weighted by atomic mass is 32.2. The number of nitrogen functional groups attached to an aromatic ring is 1. The van der Waals surface area contributed by atoms with Gasteiger partial charge in [-0.2, -0.15) is 0 Å². The lowest BCUT2D eigenvalue weighted by atomic mass is 10.2. The Morgan fingerprint density at radius 1 is 1.11 bits per heavy atom. The van der Waals surface area contributed by atoms with Gasteiger partial charge in [0.25, 0.3) is 0 Å². The number of aryl methyl sites for hydroxylation is 2. The maximum atomic E-state index is 13.9. The predicted molar refractivity (Wildman–Crippen MR) is 77.4 cm³/mol. The van der Waals surface area contributed by atoms with Crippen LogP contribution in [0.15, 0.2) is 40.1 Å². The molecule has 2 aromatic rings. The lowest BCUT2D eigenvalue weighted by molar-refractivity contribution is 0.414. The number of halogens is 1. The molecule has 2 aromatic carbocycles. The summed E-state index contributed by atoms with van der Waals surface area (Å²) in [5.74, 6) is 0.164. The van der Waals surface area contributed by atoms with Crippen molar-refractivity contribution >= 4 is 17.4 Å². The molecule has 2 N–H and O–H groups in total. The van der Waals surface area contributed by atoms with Crippen LogP contribution >= 0.6 is 11.8 Å². The van der Waals surface area contributed by atoms with E-state index in [2.05, 4.69) is 6.07 Å². The van der Waals surface area contributed by atoms with Gasteiger partial charge in [0.15, 0.2) is 0 Å². The first-order chi connectivity index (χ1) is 9.01. The summed E-state index contributed by atoms with van der Waals surface area (Å²) >= 11 is 1.38. The summed E-state index contributed by atoms with van der Waals surface area (Å²) in [4.78, 5) is 1.54. The van der Waals surface area contributed by atoms with Gasteiger partial charge in [-0.25, -0.2) is 4.39 Å². The number of benzene rings is 2. The first-order valence-electron chi connectivity index (χ1n) is 5.89. The van der Waals surface area contributed by atoms with Crippen molar-refractivity contribution < 1.29 is 9.13 Å². The van der Waals surface area contributed by atoms with Crippen LogP contribution in [0.2, 0.25) is 0 Å². The van der Waals surface area contributed by atoms with E-state index in [1.165, 1.54) is 30.5 Å². The van der Waals surface area contributed by atoms with Gasteiger partial charge in [-0.15, -0.1) is 0 Å². The molecule has 0 aliphatic heterocycles. The van der Waals surface area contributed by atoms with E-state index in [0.717, 1.165) is 10.5 Å². The predicted octanol–water partition coefficient (Wildman–Crippen LogP) is 4.18. The van der Waals surface area contributed by atoms with Crippen molar-refractivity contribution in [3.63, 3.8) is 0 Å². The monoisotopic (exact) mass is 277 g/mol. The van der Waals surface area contributed by atoms with Crippen LogP contribution in [0.5, 0.6) is 5.75 Å². The van der Waals surface area contributed by atoms with Crippen molar-refractivity contribution in [2.24, 2.45) is 0 Å². The second kappa shape index (κ2) is 5.53. The highest BCUT2D eigenvalue weighted by Crippen LogP contribution is 2.36. The lowest BCUT2D eigenvalue weighted by Gasteiger charge is -2.10. The minimum atomic E-state index is -0.330. The fraction of sp³-hybridized carbons (Fsp3) is 0.200. The van der Waals surface area contributed by atoms with Gasteiger partial charge in [0.1, 0.15) is 11.6 Å². The first kappa shape index (κ1) is 13.7. The largest absolute Gasteiger partial charge is 0.495 e. The summed E-state index contributed by atoms with van der Waals surface area (Å²) in [6.45, 7) is 4.05. The molecule has 0 unspecified atom stereocenters. The molecule has 2 nitrogen and oxygen atoms in total. The third-order valence-electron chi connectivity index (χ3n) is 2.83. The summed E-state index contributed by atoms with van der Waals surface area (Å²) in [5, 5.41) is 0. The van der Waals surface area contributed by atoms with E-state index in [4.69, 9.17) is 10.5 Å². The fourth-order valence-corrected chi connectivity index (χ4v) is 2.75. The first-order valence-corrected chi connectivity index (χ1v) is 6.71. The molecule has 4 heteroatoms. The number of ether oxygens (including phenoxy) is 1. The Bertz CT molecular complexity index is 613. The Morgan fingerprint density at radius 3 is 2.47 bits per heavy atom. The Kier molecular flexibility index (Phi) is 4.00. The molecular formula is C15H16FNOS. The number of methoxy groups -OCH3 is 1. The molecule has 19 heavy (non-hydrogen) atoms. The second-order valence-electron chi connectivity index (χ2n) is 4.40. The molecule has 0 aromatic heterocycles. The van der Waals surface area contributed by atoms with E-state index in [1.807, 2.05) is 26.0 Å². The summed E-state index contributed by atoms with van der Waals surface area (Å²) in [6, 6.07) is 9.02. The van der Waals surface area contributed by atoms with Crippen molar-refractivity contribution in [2.75, 3.05) is 12.8 Å². The van der Waals surface area contributed by atoms with Gasteiger partial charge < -0.3 is 10.5 Å². The lowest BCUT2D eigenvalue weighted by Crippen LogP contribution is -1.95. The quantitative estimate of drug-likeness (QED) is 0.855. The molecule has 2 rings (SSSR count). The zero-order valence-corrected chi connectivity index (χ0v) is 12.0. The topological polar surface area (TPSA) is 35.2 Å². The van der Waals surface area contributed by atoms with Gasteiger partial charge in [0, 0.05) is 11.0 Å². The van der Waals surface area contributed by atoms with Gasteiger partial charge in [-0.1, -0.05) is 29.5 Å². The standard InChI is InChI=1S/C15H16FNOS/c1-9-4-5-14(10(2)6-9)19-15-8-13(18-3)12(17)7-11(15)16/h4-8H,17H2,1-3H3. The maximum absolute atomic E-state index is 13.9. The molecule has 0 amide bonds. The molecular weight excluding hydrogens is 261 g/mol. The number of rotatable bonds is 3. The van der Waals surface area contributed by atoms with E-state index in [1.54, 1.807) is 6.07 Å². The Morgan fingerprint density at radius 2 is 1.84 bits per heavy atom. The van der Waals surface area contributed by atoms with Crippen LogP contribution < -0.4 is 10.5 Å². The number of nitrogens with two attached hydrogens (primary N) is 1. The van der Waals surface area contributed by atoms with Crippen LogP contribution in [0.25, 0.3) is 0 Å². The summed E-state index contributed by atoms with van der Waals surface area (Å²) in [7, 11) is 1.52. The Hall–Kier alpha value is -1.68. The van der Waals surface area contributed by atoms with Crippen molar-refractivity contribution in [1.29, 1.82) is 0 Å². The number of hydrogen-bond acceptors (Lipinski definition) is 3. The van der Waals surface area contributed by atoms with E-state index in [9.17, 15) is 4.39 Å². The number of anilines is 1. The third-order valence-corrected chi connectivity index (χ3v) is 4.05. The second-order valence-corrected chi connectivity index (χ2v) is 5.48. The van der Waals surface area contributed by atoms with Crippen molar-refractivity contribution in [3.8, 4) is 5.75 Å². The summed E-state index contributed by atoms with van der Waals surface area (Å²) < 4.78 is 19.0. The molecule has 0 bridgehead atoms. The fourth-order valence-electron chi connectivity index (χ4n) is 1.84. The van der Waals surface area contributed by atoms with Crippen LogP contribution in [0.3, 0.4) is 0 Å². The van der Waals surface area contributed by atoms with E-state index in [-0.39, 0.29) is 5.82 Å².